The number of hydrogen-bond donors (Lipinski definition) is 2. The first-order valence-corrected chi connectivity index (χ1v) is 9.42. The fourth-order valence-corrected chi connectivity index (χ4v) is 4.49. The summed E-state index contributed by atoms with van der Waals surface area (Å²) in [5, 5.41) is 11.5. The van der Waals surface area contributed by atoms with E-state index in [1.54, 1.807) is 0 Å². The molecule has 0 unspecified atom stereocenters. The maximum absolute atomic E-state index is 12.7. The van der Waals surface area contributed by atoms with Crippen LogP contribution in [0.4, 0.5) is 0 Å². The van der Waals surface area contributed by atoms with E-state index in [-0.39, 0.29) is 15.5 Å². The summed E-state index contributed by atoms with van der Waals surface area (Å²) in [7, 11) is -2.67. The molecule has 10 heteroatoms. The van der Waals surface area contributed by atoms with E-state index in [4.69, 9.17) is 16.7 Å². The van der Waals surface area contributed by atoms with Crippen molar-refractivity contribution in [2.75, 3.05) is 26.8 Å². The number of sulfonamides is 1. The van der Waals surface area contributed by atoms with Crippen molar-refractivity contribution in [3.05, 3.63) is 28.8 Å². The lowest BCUT2D eigenvalue weighted by atomic mass is 10.2. The minimum Gasteiger partial charge on any atom is -0.467 e. The van der Waals surface area contributed by atoms with Gasteiger partial charge in [-0.05, 0) is 31.0 Å². The molecule has 0 spiro atoms. The molecule has 0 saturated carbocycles. The zero-order valence-corrected chi connectivity index (χ0v) is 15.1. The highest BCUT2D eigenvalue weighted by molar-refractivity contribution is 7.89. The Morgan fingerprint density at radius 3 is 2.56 bits per heavy atom. The number of carbonyl (C=O) groups is 2. The fourth-order valence-electron chi connectivity index (χ4n) is 2.47. The Morgan fingerprint density at radius 2 is 2.00 bits per heavy atom. The molecular weight excluding hydrogens is 372 g/mol. The zero-order chi connectivity index (χ0) is 18.6. The highest BCUT2D eigenvalue weighted by Gasteiger charge is 2.30. The van der Waals surface area contributed by atoms with Crippen LogP contribution in [0.2, 0.25) is 5.02 Å². The predicted molar refractivity (Wildman–Crippen MR) is 89.8 cm³/mol. The SMILES string of the molecule is COC(=O)[C@H](CO)NC(=O)c1ccc(Cl)c(S(=O)(=O)N2CCCC2)c1. The minimum atomic E-state index is -3.80. The first kappa shape index (κ1) is 19.6. The van der Waals surface area contributed by atoms with Gasteiger partial charge < -0.3 is 15.2 Å². The van der Waals surface area contributed by atoms with Crippen LogP contribution in [0.25, 0.3) is 0 Å². The molecule has 2 N–H and O–H groups in total. The van der Waals surface area contributed by atoms with E-state index in [9.17, 15) is 18.0 Å². The van der Waals surface area contributed by atoms with Gasteiger partial charge in [-0.1, -0.05) is 11.6 Å². The summed E-state index contributed by atoms with van der Waals surface area (Å²) in [6, 6.07) is 2.57. The van der Waals surface area contributed by atoms with Crippen LogP contribution in [-0.2, 0) is 19.6 Å². The second-order valence-electron chi connectivity index (χ2n) is 5.49. The smallest absolute Gasteiger partial charge is 0.330 e. The molecular formula is C15H19ClN2O6S. The van der Waals surface area contributed by atoms with Crippen LogP contribution in [0.1, 0.15) is 23.2 Å². The van der Waals surface area contributed by atoms with Crippen LogP contribution in [-0.4, -0.2) is 62.6 Å². The van der Waals surface area contributed by atoms with E-state index in [1.165, 1.54) is 16.4 Å². The molecule has 1 aromatic rings. The molecule has 1 fully saturated rings. The van der Waals surface area contributed by atoms with E-state index in [2.05, 4.69) is 10.1 Å². The zero-order valence-electron chi connectivity index (χ0n) is 13.6. The molecule has 0 aliphatic carbocycles. The molecule has 1 heterocycles. The molecule has 0 radical (unpaired) electrons. The average molecular weight is 391 g/mol. The molecule has 1 aliphatic heterocycles. The Kier molecular flexibility index (Phi) is 6.39. The number of aliphatic hydroxyl groups is 1. The summed E-state index contributed by atoms with van der Waals surface area (Å²) in [5.41, 5.74) is 0.00419. The third-order valence-corrected chi connectivity index (χ3v) is 6.23. The van der Waals surface area contributed by atoms with Gasteiger partial charge in [-0.25, -0.2) is 13.2 Å². The standard InChI is InChI=1S/C15H19ClN2O6S/c1-24-15(21)12(9-19)17-14(20)10-4-5-11(16)13(8-10)25(22,23)18-6-2-3-7-18/h4-5,8,12,19H,2-3,6-7,9H2,1H3,(H,17,20)/t12-/m0/s1. The van der Waals surface area contributed by atoms with E-state index < -0.39 is 34.5 Å². The van der Waals surface area contributed by atoms with Crippen molar-refractivity contribution in [1.82, 2.24) is 9.62 Å². The van der Waals surface area contributed by atoms with Crippen LogP contribution >= 0.6 is 11.6 Å². The summed E-state index contributed by atoms with van der Waals surface area (Å²) in [6.07, 6.45) is 1.54. The van der Waals surface area contributed by atoms with Gasteiger partial charge in [0.1, 0.15) is 4.90 Å². The third kappa shape index (κ3) is 4.30. The van der Waals surface area contributed by atoms with Gasteiger partial charge in [0.2, 0.25) is 10.0 Å². The summed E-state index contributed by atoms with van der Waals surface area (Å²) in [5.74, 6) is -1.53. The van der Waals surface area contributed by atoms with E-state index in [1.807, 2.05) is 0 Å². The number of methoxy groups -OCH3 is 1. The van der Waals surface area contributed by atoms with Crippen molar-refractivity contribution in [2.24, 2.45) is 0 Å². The number of carbonyl (C=O) groups excluding carboxylic acids is 2. The van der Waals surface area contributed by atoms with Gasteiger partial charge >= 0.3 is 5.97 Å². The molecule has 138 valence electrons. The number of esters is 1. The van der Waals surface area contributed by atoms with E-state index in [0.717, 1.165) is 26.0 Å². The second kappa shape index (κ2) is 8.13. The van der Waals surface area contributed by atoms with Crippen molar-refractivity contribution < 1.29 is 27.9 Å². The Hall–Kier alpha value is -1.68. The molecule has 1 saturated heterocycles. The predicted octanol–water partition coefficient (Wildman–Crippen LogP) is 0.388. The first-order valence-electron chi connectivity index (χ1n) is 7.60. The highest BCUT2D eigenvalue weighted by Crippen LogP contribution is 2.28. The van der Waals surface area contributed by atoms with Crippen LogP contribution in [0.5, 0.6) is 0 Å². The van der Waals surface area contributed by atoms with Gasteiger partial charge in [0.25, 0.3) is 5.91 Å². The lowest BCUT2D eigenvalue weighted by molar-refractivity contribution is -0.143. The summed E-state index contributed by atoms with van der Waals surface area (Å²) >= 11 is 6.02. The number of halogens is 1. The highest BCUT2D eigenvalue weighted by atomic mass is 35.5. The van der Waals surface area contributed by atoms with Crippen molar-refractivity contribution in [1.29, 1.82) is 0 Å². The first-order chi connectivity index (χ1) is 11.8. The third-order valence-electron chi connectivity index (χ3n) is 3.85. The van der Waals surface area contributed by atoms with Gasteiger partial charge in [0.15, 0.2) is 6.04 Å². The number of aliphatic hydroxyl groups excluding tert-OH is 1. The van der Waals surface area contributed by atoms with Crippen molar-refractivity contribution in [3.8, 4) is 0 Å². The van der Waals surface area contributed by atoms with Gasteiger partial charge in [-0.2, -0.15) is 4.31 Å². The molecule has 1 atom stereocenters. The molecule has 0 bridgehead atoms. The second-order valence-corrected chi connectivity index (χ2v) is 7.80. The number of ether oxygens (including phenoxy) is 1. The van der Waals surface area contributed by atoms with Crippen LogP contribution in [0.3, 0.4) is 0 Å². The Labute approximate surface area is 150 Å². The van der Waals surface area contributed by atoms with Gasteiger partial charge in [-0.3, -0.25) is 4.79 Å². The van der Waals surface area contributed by atoms with Crippen LogP contribution < -0.4 is 5.32 Å². The van der Waals surface area contributed by atoms with Crippen molar-refractivity contribution in [3.63, 3.8) is 0 Å². The number of amides is 1. The molecule has 2 rings (SSSR count). The summed E-state index contributed by atoms with van der Waals surface area (Å²) in [4.78, 5) is 23.5. The molecule has 8 nitrogen and oxygen atoms in total. The number of hydrogen-bond acceptors (Lipinski definition) is 6. The largest absolute Gasteiger partial charge is 0.467 e. The normalized spacial score (nSPS) is 16.4. The maximum atomic E-state index is 12.7. The Balaban J connectivity index is 2.29. The Morgan fingerprint density at radius 1 is 1.36 bits per heavy atom. The molecule has 25 heavy (non-hydrogen) atoms. The van der Waals surface area contributed by atoms with Gasteiger partial charge in [0.05, 0.1) is 18.7 Å². The topological polar surface area (TPSA) is 113 Å². The van der Waals surface area contributed by atoms with Crippen LogP contribution in [0.15, 0.2) is 23.1 Å². The molecule has 1 amide bonds. The monoisotopic (exact) mass is 390 g/mol. The summed E-state index contributed by atoms with van der Waals surface area (Å²) < 4.78 is 31.1. The molecule has 0 aromatic heterocycles. The summed E-state index contributed by atoms with van der Waals surface area (Å²) in [6.45, 7) is 0.166. The number of rotatable bonds is 6. The van der Waals surface area contributed by atoms with Crippen molar-refractivity contribution >= 4 is 33.5 Å². The van der Waals surface area contributed by atoms with Gasteiger partial charge in [-0.15, -0.1) is 0 Å². The quantitative estimate of drug-likeness (QED) is 0.679. The number of benzene rings is 1. The maximum Gasteiger partial charge on any atom is 0.330 e. The van der Waals surface area contributed by atoms with E-state index >= 15 is 0 Å². The number of nitrogens with zero attached hydrogens (tertiary/aromatic N) is 1. The molecule has 1 aliphatic rings. The lowest BCUT2D eigenvalue weighted by Crippen LogP contribution is -2.44. The molecule has 1 aromatic carbocycles. The van der Waals surface area contributed by atoms with Crippen LogP contribution in [0, 0.1) is 0 Å². The average Bonchev–Trinajstić information content (AvgIpc) is 3.14. The number of nitrogens with one attached hydrogen (secondary N) is 1. The van der Waals surface area contributed by atoms with E-state index in [0.29, 0.717) is 13.1 Å². The minimum absolute atomic E-state index is 0.00419. The van der Waals surface area contributed by atoms with Crippen molar-refractivity contribution in [2.45, 2.75) is 23.8 Å². The Bertz CT molecular complexity index is 761. The lowest BCUT2D eigenvalue weighted by Gasteiger charge is -2.18. The fraction of sp³-hybridized carbons (Fsp3) is 0.467. The van der Waals surface area contributed by atoms with Gasteiger partial charge in [0, 0.05) is 18.7 Å².